The van der Waals surface area contributed by atoms with E-state index in [4.69, 9.17) is 19.3 Å². The molecule has 0 aliphatic heterocycles. The highest BCUT2D eigenvalue weighted by Crippen LogP contribution is 2.28. The van der Waals surface area contributed by atoms with Gasteiger partial charge in [0.1, 0.15) is 11.8 Å². The molecular weight excluding hydrogens is 334 g/mol. The van der Waals surface area contributed by atoms with Crippen molar-refractivity contribution in [1.29, 1.82) is 5.26 Å². The average molecular weight is 355 g/mol. The van der Waals surface area contributed by atoms with Gasteiger partial charge in [-0.2, -0.15) is 5.26 Å². The Kier molecular flexibility index (Phi) is 6.39. The van der Waals surface area contributed by atoms with Crippen LogP contribution in [0.4, 0.5) is 0 Å². The van der Waals surface area contributed by atoms with Gasteiger partial charge in [0.15, 0.2) is 18.1 Å². The molecule has 1 aromatic heterocycles. The number of nitriles is 1. The van der Waals surface area contributed by atoms with Crippen molar-refractivity contribution in [2.24, 2.45) is 0 Å². The summed E-state index contributed by atoms with van der Waals surface area (Å²) in [5.74, 6) is 1.55. The molecule has 0 aliphatic rings. The molecule has 1 aromatic carbocycles. The standard InChI is InChI=1S/C19H21N3O4/c1-13-16(14(2)26-21-13)12-22(3)19(23)8-6-15-5-7-17(25-10-9-20)18(11-15)24-4/h5-8,11H,10,12H2,1-4H3/b8-6+. The lowest BCUT2D eigenvalue weighted by molar-refractivity contribution is -0.125. The molecule has 0 radical (unpaired) electrons. The highest BCUT2D eigenvalue weighted by Gasteiger charge is 2.14. The predicted molar refractivity (Wildman–Crippen MR) is 95.6 cm³/mol. The van der Waals surface area contributed by atoms with Crippen molar-refractivity contribution >= 4 is 12.0 Å². The molecule has 7 heteroatoms. The molecule has 0 N–H and O–H groups in total. The van der Waals surface area contributed by atoms with Crippen LogP contribution in [0, 0.1) is 25.2 Å². The molecule has 2 rings (SSSR count). The number of aryl methyl sites for hydroxylation is 2. The van der Waals surface area contributed by atoms with Crippen molar-refractivity contribution < 1.29 is 18.8 Å². The molecule has 0 bridgehead atoms. The van der Waals surface area contributed by atoms with Crippen molar-refractivity contribution in [3.8, 4) is 17.6 Å². The minimum absolute atomic E-state index is 0.0590. The van der Waals surface area contributed by atoms with Crippen LogP contribution in [0.1, 0.15) is 22.6 Å². The second-order valence-corrected chi connectivity index (χ2v) is 5.69. The van der Waals surface area contributed by atoms with E-state index in [9.17, 15) is 4.79 Å². The summed E-state index contributed by atoms with van der Waals surface area (Å²) in [6.45, 7) is 4.04. The van der Waals surface area contributed by atoms with Crippen LogP contribution < -0.4 is 9.47 Å². The van der Waals surface area contributed by atoms with Crippen LogP contribution in [-0.2, 0) is 11.3 Å². The van der Waals surface area contributed by atoms with Crippen LogP contribution in [0.15, 0.2) is 28.8 Å². The molecule has 0 fully saturated rings. The fourth-order valence-electron chi connectivity index (χ4n) is 2.35. The summed E-state index contributed by atoms with van der Waals surface area (Å²) >= 11 is 0. The van der Waals surface area contributed by atoms with E-state index in [1.807, 2.05) is 19.9 Å². The van der Waals surface area contributed by atoms with Gasteiger partial charge in [0.2, 0.25) is 5.91 Å². The lowest BCUT2D eigenvalue weighted by atomic mass is 10.1. The summed E-state index contributed by atoms with van der Waals surface area (Å²) < 4.78 is 15.6. The second-order valence-electron chi connectivity index (χ2n) is 5.69. The van der Waals surface area contributed by atoms with Gasteiger partial charge in [-0.05, 0) is 37.6 Å². The number of likely N-dealkylation sites (N-methyl/N-ethyl adjacent to an activating group) is 1. The van der Waals surface area contributed by atoms with Gasteiger partial charge in [0, 0.05) is 18.7 Å². The van der Waals surface area contributed by atoms with Gasteiger partial charge in [0.25, 0.3) is 0 Å². The van der Waals surface area contributed by atoms with Gasteiger partial charge in [0.05, 0.1) is 19.3 Å². The maximum absolute atomic E-state index is 12.3. The van der Waals surface area contributed by atoms with Crippen molar-refractivity contribution in [3.05, 3.63) is 46.9 Å². The quantitative estimate of drug-likeness (QED) is 0.710. The zero-order valence-electron chi connectivity index (χ0n) is 15.3. The zero-order valence-corrected chi connectivity index (χ0v) is 15.3. The van der Waals surface area contributed by atoms with Crippen LogP contribution in [0.3, 0.4) is 0 Å². The predicted octanol–water partition coefficient (Wildman–Crippen LogP) is 2.87. The monoisotopic (exact) mass is 355 g/mol. The van der Waals surface area contributed by atoms with Crippen molar-refractivity contribution in [2.45, 2.75) is 20.4 Å². The third kappa shape index (κ3) is 4.63. The normalized spacial score (nSPS) is 10.6. The van der Waals surface area contributed by atoms with Gasteiger partial charge in [-0.3, -0.25) is 4.79 Å². The highest BCUT2D eigenvalue weighted by atomic mass is 16.5. The molecule has 1 heterocycles. The zero-order chi connectivity index (χ0) is 19.1. The van der Waals surface area contributed by atoms with Gasteiger partial charge < -0.3 is 18.9 Å². The van der Waals surface area contributed by atoms with Gasteiger partial charge in [-0.15, -0.1) is 0 Å². The van der Waals surface area contributed by atoms with Crippen LogP contribution in [0.25, 0.3) is 6.08 Å². The number of hydrogen-bond donors (Lipinski definition) is 0. The first kappa shape index (κ1) is 19.1. The molecule has 0 aliphatic carbocycles. The molecule has 0 atom stereocenters. The number of hydrogen-bond acceptors (Lipinski definition) is 6. The molecule has 0 spiro atoms. The van der Waals surface area contributed by atoms with E-state index in [1.54, 1.807) is 36.2 Å². The number of aromatic nitrogens is 1. The Labute approximate surface area is 152 Å². The van der Waals surface area contributed by atoms with Gasteiger partial charge >= 0.3 is 0 Å². The molecule has 1 amide bonds. The lowest BCUT2D eigenvalue weighted by Gasteiger charge is -2.14. The first-order valence-electron chi connectivity index (χ1n) is 7.99. The van der Waals surface area contributed by atoms with Crippen LogP contribution in [0.2, 0.25) is 0 Å². The van der Waals surface area contributed by atoms with Gasteiger partial charge in [-0.25, -0.2) is 0 Å². The summed E-state index contributed by atoms with van der Waals surface area (Å²) in [5.41, 5.74) is 2.48. The summed E-state index contributed by atoms with van der Waals surface area (Å²) in [6, 6.07) is 7.14. The largest absolute Gasteiger partial charge is 0.493 e. The Balaban J connectivity index is 2.06. The molecule has 26 heavy (non-hydrogen) atoms. The summed E-state index contributed by atoms with van der Waals surface area (Å²) in [4.78, 5) is 13.9. The Morgan fingerprint density at radius 2 is 2.15 bits per heavy atom. The van der Waals surface area contributed by atoms with Crippen molar-refractivity contribution in [1.82, 2.24) is 10.1 Å². The van der Waals surface area contributed by atoms with Crippen molar-refractivity contribution in [3.63, 3.8) is 0 Å². The Hall–Kier alpha value is -3.27. The van der Waals surface area contributed by atoms with Crippen molar-refractivity contribution in [2.75, 3.05) is 20.8 Å². The number of amides is 1. The van der Waals surface area contributed by atoms with E-state index in [0.717, 1.165) is 16.8 Å². The van der Waals surface area contributed by atoms with E-state index in [0.29, 0.717) is 23.8 Å². The maximum atomic E-state index is 12.3. The highest BCUT2D eigenvalue weighted by molar-refractivity contribution is 5.91. The van der Waals surface area contributed by atoms with E-state index < -0.39 is 0 Å². The number of methoxy groups -OCH3 is 1. The van der Waals surface area contributed by atoms with E-state index in [2.05, 4.69) is 5.16 Å². The Morgan fingerprint density at radius 3 is 2.77 bits per heavy atom. The van der Waals surface area contributed by atoms with E-state index >= 15 is 0 Å². The third-order valence-electron chi connectivity index (χ3n) is 3.85. The van der Waals surface area contributed by atoms with Gasteiger partial charge in [-0.1, -0.05) is 11.2 Å². The van der Waals surface area contributed by atoms with E-state index in [1.165, 1.54) is 13.2 Å². The summed E-state index contributed by atoms with van der Waals surface area (Å²) in [7, 11) is 3.24. The molecule has 0 unspecified atom stereocenters. The van der Waals surface area contributed by atoms with Crippen LogP contribution in [-0.4, -0.2) is 36.7 Å². The summed E-state index contributed by atoms with van der Waals surface area (Å²) in [5, 5.41) is 12.5. The number of benzene rings is 1. The first-order chi connectivity index (χ1) is 12.5. The number of carbonyl (C=O) groups excluding carboxylic acids is 1. The maximum Gasteiger partial charge on any atom is 0.246 e. The molecule has 0 saturated carbocycles. The van der Waals surface area contributed by atoms with Crippen LogP contribution in [0.5, 0.6) is 11.5 Å². The molecule has 7 nitrogen and oxygen atoms in total. The summed E-state index contributed by atoms with van der Waals surface area (Å²) in [6.07, 6.45) is 3.19. The fraction of sp³-hybridized carbons (Fsp3) is 0.316. The molecule has 2 aromatic rings. The minimum atomic E-state index is -0.145. The number of carbonyl (C=O) groups is 1. The molecule has 0 saturated heterocycles. The number of rotatable bonds is 7. The Bertz CT molecular complexity index is 829. The van der Waals surface area contributed by atoms with E-state index in [-0.39, 0.29) is 12.5 Å². The molecular formula is C19H21N3O4. The minimum Gasteiger partial charge on any atom is -0.493 e. The lowest BCUT2D eigenvalue weighted by Crippen LogP contribution is -2.24. The second kappa shape index (κ2) is 8.72. The fourth-order valence-corrected chi connectivity index (χ4v) is 2.35. The SMILES string of the molecule is COc1cc(/C=C/C(=O)N(C)Cc2c(C)noc2C)ccc1OCC#N. The molecule has 136 valence electrons. The topological polar surface area (TPSA) is 88.6 Å². The van der Waals surface area contributed by atoms with Crippen LogP contribution >= 0.6 is 0 Å². The smallest absolute Gasteiger partial charge is 0.246 e. The number of ether oxygens (including phenoxy) is 2. The Morgan fingerprint density at radius 1 is 1.38 bits per heavy atom. The number of nitrogens with zero attached hydrogens (tertiary/aromatic N) is 3. The third-order valence-corrected chi connectivity index (χ3v) is 3.85. The first-order valence-corrected chi connectivity index (χ1v) is 7.99. The average Bonchev–Trinajstić information content (AvgIpc) is 2.96.